The van der Waals surface area contributed by atoms with Crippen LogP contribution < -0.4 is 0 Å². The molecule has 0 saturated heterocycles. The number of hydrogen-bond acceptors (Lipinski definition) is 7. The van der Waals surface area contributed by atoms with Crippen LogP contribution >= 0.6 is 0 Å². The van der Waals surface area contributed by atoms with Crippen LogP contribution in [0.1, 0.15) is 6.92 Å². The van der Waals surface area contributed by atoms with Crippen LogP contribution in [-0.4, -0.2) is 42.4 Å². The van der Waals surface area contributed by atoms with Crippen LogP contribution in [-0.2, 0) is 18.9 Å². The van der Waals surface area contributed by atoms with E-state index in [9.17, 15) is 14.4 Å². The maximum atomic E-state index is 9.97. The van der Waals surface area contributed by atoms with Crippen molar-refractivity contribution in [1.29, 1.82) is 0 Å². The van der Waals surface area contributed by atoms with Gasteiger partial charge in [0.25, 0.3) is 0 Å². The molecular weight excluding hydrogens is 240 g/mol. The molecule has 0 aromatic rings. The number of methoxy groups -OCH3 is 1. The van der Waals surface area contributed by atoms with E-state index in [2.05, 4.69) is 18.9 Å². The molecule has 0 atom stereocenters. The van der Waals surface area contributed by atoms with E-state index in [1.54, 1.807) is 6.92 Å². The first-order valence-corrected chi connectivity index (χ1v) is 4.08. The van der Waals surface area contributed by atoms with E-state index in [1.165, 1.54) is 7.11 Å². The summed E-state index contributed by atoms with van der Waals surface area (Å²) < 4.78 is 15.9. The number of ether oxygens (including phenoxy) is 4. The standard InChI is InChI=1S/C4H4O6.C4H8O3/c5-3(6)9-1-2-10-4(7)8;1-3-7-4(5)6-2/h1-2H,(H,5,6)(H,7,8);3H2,1-2H3/b2-1+;. The molecule has 0 fully saturated rings. The minimum Gasteiger partial charge on any atom is -0.449 e. The molecule has 0 unspecified atom stereocenters. The van der Waals surface area contributed by atoms with Gasteiger partial charge in [-0.05, 0) is 6.92 Å². The second-order valence-corrected chi connectivity index (χ2v) is 1.93. The van der Waals surface area contributed by atoms with Gasteiger partial charge >= 0.3 is 18.5 Å². The zero-order chi connectivity index (χ0) is 13.7. The minimum absolute atomic E-state index is 0.368. The van der Waals surface area contributed by atoms with Crippen molar-refractivity contribution in [2.45, 2.75) is 6.92 Å². The normalized spacial score (nSPS) is 8.59. The Balaban J connectivity index is 0. The highest BCUT2D eigenvalue weighted by Gasteiger charge is 1.93. The molecule has 0 heterocycles. The van der Waals surface area contributed by atoms with Crippen LogP contribution in [0, 0.1) is 0 Å². The van der Waals surface area contributed by atoms with E-state index in [-0.39, 0.29) is 0 Å². The molecule has 0 aliphatic rings. The first kappa shape index (κ1) is 17.0. The Morgan fingerprint density at radius 1 is 1.06 bits per heavy atom. The van der Waals surface area contributed by atoms with Crippen LogP contribution in [0.15, 0.2) is 12.5 Å². The van der Waals surface area contributed by atoms with Crippen molar-refractivity contribution in [3.8, 4) is 0 Å². The van der Waals surface area contributed by atoms with Gasteiger partial charge in [-0.1, -0.05) is 0 Å². The molecule has 98 valence electrons. The van der Waals surface area contributed by atoms with Gasteiger partial charge in [0.15, 0.2) is 0 Å². The molecule has 0 saturated carbocycles. The number of rotatable bonds is 3. The molecule has 17 heavy (non-hydrogen) atoms. The maximum Gasteiger partial charge on any atom is 0.510 e. The lowest BCUT2D eigenvalue weighted by molar-refractivity contribution is 0.0770. The number of carbonyl (C=O) groups is 3. The topological polar surface area (TPSA) is 129 Å². The Morgan fingerprint density at radius 2 is 1.47 bits per heavy atom. The van der Waals surface area contributed by atoms with E-state index in [4.69, 9.17) is 10.2 Å². The molecule has 0 aromatic carbocycles. The van der Waals surface area contributed by atoms with Crippen LogP contribution in [0.4, 0.5) is 14.4 Å². The van der Waals surface area contributed by atoms with Gasteiger partial charge in [0.05, 0.1) is 13.7 Å². The van der Waals surface area contributed by atoms with E-state index in [1.807, 2.05) is 0 Å². The summed E-state index contributed by atoms with van der Waals surface area (Å²) in [4.78, 5) is 29.1. The van der Waals surface area contributed by atoms with Crippen molar-refractivity contribution in [3.05, 3.63) is 12.5 Å². The minimum atomic E-state index is -1.54. The van der Waals surface area contributed by atoms with Crippen LogP contribution in [0.5, 0.6) is 0 Å². The highest BCUT2D eigenvalue weighted by atomic mass is 16.7. The summed E-state index contributed by atoms with van der Waals surface area (Å²) in [7, 11) is 1.28. The SMILES string of the molecule is CCOC(=O)OC.O=C(O)O/C=C/OC(=O)O. The van der Waals surface area contributed by atoms with Crippen molar-refractivity contribution in [3.63, 3.8) is 0 Å². The fraction of sp³-hybridized carbons (Fsp3) is 0.375. The largest absolute Gasteiger partial charge is 0.510 e. The van der Waals surface area contributed by atoms with Crippen molar-refractivity contribution < 1.29 is 43.5 Å². The van der Waals surface area contributed by atoms with Gasteiger partial charge in [-0.2, -0.15) is 0 Å². The van der Waals surface area contributed by atoms with Crippen molar-refractivity contribution in [2.24, 2.45) is 0 Å². The molecule has 0 aromatic heterocycles. The fourth-order valence-corrected chi connectivity index (χ4v) is 0.349. The third-order valence-electron chi connectivity index (χ3n) is 0.822. The average Bonchev–Trinajstić information content (AvgIpc) is 2.25. The second-order valence-electron chi connectivity index (χ2n) is 1.93. The quantitative estimate of drug-likeness (QED) is 0.437. The molecule has 0 aliphatic carbocycles. The molecule has 0 spiro atoms. The second kappa shape index (κ2) is 11.6. The lowest BCUT2D eigenvalue weighted by atomic mass is 10.9. The van der Waals surface area contributed by atoms with Crippen molar-refractivity contribution in [2.75, 3.05) is 13.7 Å². The van der Waals surface area contributed by atoms with Crippen LogP contribution in [0.25, 0.3) is 0 Å². The first-order chi connectivity index (χ1) is 7.93. The lowest BCUT2D eigenvalue weighted by Gasteiger charge is -1.94. The molecule has 0 radical (unpaired) electrons. The summed E-state index contributed by atoms with van der Waals surface area (Å²) in [6.07, 6.45) is -2.51. The number of carbonyl (C=O) groups excluding carboxylic acids is 1. The molecule has 0 bridgehead atoms. The molecule has 0 amide bonds. The molecule has 9 heteroatoms. The molecular formula is C8H12O9. The van der Waals surface area contributed by atoms with Gasteiger partial charge in [-0.15, -0.1) is 0 Å². The number of hydrogen-bond donors (Lipinski definition) is 2. The predicted molar refractivity (Wildman–Crippen MR) is 51.4 cm³/mol. The summed E-state index contributed by atoms with van der Waals surface area (Å²) in [6.45, 7) is 2.09. The summed E-state index contributed by atoms with van der Waals surface area (Å²) in [5.74, 6) is 0. The molecule has 2 N–H and O–H groups in total. The fourth-order valence-electron chi connectivity index (χ4n) is 0.349. The lowest BCUT2D eigenvalue weighted by Crippen LogP contribution is -2.02. The van der Waals surface area contributed by atoms with Gasteiger partial charge in [0, 0.05) is 0 Å². The average molecular weight is 252 g/mol. The molecule has 0 aliphatic heterocycles. The monoisotopic (exact) mass is 252 g/mol. The highest BCUT2D eigenvalue weighted by molar-refractivity contribution is 5.59. The van der Waals surface area contributed by atoms with Gasteiger partial charge in [-0.25, -0.2) is 14.4 Å². The number of carboxylic acid groups (broad SMARTS) is 2. The Bertz CT molecular complexity index is 252. The van der Waals surface area contributed by atoms with Gasteiger partial charge in [0.1, 0.15) is 12.5 Å². The maximum absolute atomic E-state index is 9.97. The zero-order valence-corrected chi connectivity index (χ0v) is 9.11. The summed E-state index contributed by atoms with van der Waals surface area (Å²) in [5, 5.41) is 15.6. The van der Waals surface area contributed by atoms with E-state index < -0.39 is 18.5 Å². The van der Waals surface area contributed by atoms with Gasteiger partial charge in [-0.3, -0.25) is 0 Å². The first-order valence-electron chi connectivity index (χ1n) is 4.08. The highest BCUT2D eigenvalue weighted by Crippen LogP contribution is 1.81. The van der Waals surface area contributed by atoms with Crippen molar-refractivity contribution >= 4 is 18.5 Å². The smallest absolute Gasteiger partial charge is 0.449 e. The summed E-state index contributed by atoms with van der Waals surface area (Å²) >= 11 is 0. The van der Waals surface area contributed by atoms with Gasteiger partial charge < -0.3 is 29.2 Å². The Hall–Kier alpha value is -2.45. The van der Waals surface area contributed by atoms with E-state index >= 15 is 0 Å². The third kappa shape index (κ3) is 19.8. The van der Waals surface area contributed by atoms with E-state index in [0.717, 1.165) is 0 Å². The molecule has 0 rings (SSSR count). The Morgan fingerprint density at radius 3 is 1.65 bits per heavy atom. The summed E-state index contributed by atoms with van der Waals surface area (Å²) in [6, 6.07) is 0. The van der Waals surface area contributed by atoms with Crippen molar-refractivity contribution in [1.82, 2.24) is 0 Å². The van der Waals surface area contributed by atoms with Crippen LogP contribution in [0.3, 0.4) is 0 Å². The molecule has 9 nitrogen and oxygen atoms in total. The third-order valence-corrected chi connectivity index (χ3v) is 0.822. The van der Waals surface area contributed by atoms with Gasteiger partial charge in [0.2, 0.25) is 0 Å². The summed E-state index contributed by atoms with van der Waals surface area (Å²) in [5.41, 5.74) is 0. The predicted octanol–water partition coefficient (Wildman–Crippen LogP) is 1.64. The van der Waals surface area contributed by atoms with E-state index in [0.29, 0.717) is 19.1 Å². The Labute approximate surface area is 96.1 Å². The zero-order valence-electron chi connectivity index (χ0n) is 9.11. The van der Waals surface area contributed by atoms with Crippen LogP contribution in [0.2, 0.25) is 0 Å². The Kier molecular flexibility index (Phi) is 11.6.